The van der Waals surface area contributed by atoms with Crippen LogP contribution in [0, 0.1) is 47.4 Å². The quantitative estimate of drug-likeness (QED) is 0.176. The fraction of sp³-hybridized carbons (Fsp3) is 0.548. The smallest absolute Gasteiger partial charge is 0.274 e. The molecule has 1 saturated heterocycles. The zero-order valence-corrected chi connectivity index (χ0v) is 26.9. The molecule has 12 nitrogen and oxygen atoms in total. The number of halogens is 4. The van der Waals surface area contributed by atoms with Gasteiger partial charge in [-0.3, -0.25) is 24.0 Å². The van der Waals surface area contributed by atoms with Gasteiger partial charge in [-0.25, -0.2) is 8.78 Å². The lowest BCUT2D eigenvalue weighted by Crippen LogP contribution is -2.59. The number of Topliss-reactive ketones (excluding diaryl/α,β-unsaturated/α-hetero) is 1. The van der Waals surface area contributed by atoms with E-state index in [4.69, 9.17) is 9.26 Å². The summed E-state index contributed by atoms with van der Waals surface area (Å²) >= 11 is 0. The molecule has 47 heavy (non-hydrogen) atoms. The predicted octanol–water partition coefficient (Wildman–Crippen LogP) is 2.87. The van der Waals surface area contributed by atoms with E-state index in [-0.39, 0.29) is 36.4 Å². The fourth-order valence-electron chi connectivity index (χ4n) is 4.93. The standard InChI is InChI=1S/C31H39F4N5O7/c1-14(2)9-20(38-30(45)26(31(4,5)6)39-29(44)21-10-15(3)47-40-21)28(43)37-19(11-16-7-8-36-27(16)42)22(41)13-46-25-23(34)17(32)12-18(33)24(25)35/h10,12,14,16,19-20,26H,7-9,11,13H2,1-6H3,(H,36,42)(H,37,43)(H,38,45)(H,39,44)/t16-,19-,20-,26+/m0/s1. The second kappa shape index (κ2) is 15.4. The molecule has 4 atom stereocenters. The number of benzene rings is 1. The number of rotatable bonds is 14. The Bertz CT molecular complexity index is 1480. The Morgan fingerprint density at radius 1 is 1.00 bits per heavy atom. The van der Waals surface area contributed by atoms with Crippen LogP contribution in [0.2, 0.25) is 0 Å². The normalized spacial score (nSPS) is 16.7. The van der Waals surface area contributed by atoms with Crippen LogP contribution in [0.5, 0.6) is 5.75 Å². The Hall–Kier alpha value is -4.50. The number of ether oxygens (including phenoxy) is 1. The second-order valence-corrected chi connectivity index (χ2v) is 12.9. The lowest BCUT2D eigenvalue weighted by Gasteiger charge is -2.32. The first kappa shape index (κ1) is 37.0. The summed E-state index contributed by atoms with van der Waals surface area (Å²) in [7, 11) is 0. The van der Waals surface area contributed by atoms with E-state index >= 15 is 0 Å². The number of nitrogens with one attached hydrogen (secondary N) is 4. The molecule has 0 spiro atoms. The third-order valence-electron chi connectivity index (χ3n) is 7.42. The van der Waals surface area contributed by atoms with Crippen LogP contribution >= 0.6 is 0 Å². The highest BCUT2D eigenvalue weighted by Gasteiger charge is 2.38. The van der Waals surface area contributed by atoms with E-state index < -0.39 is 88.6 Å². The lowest BCUT2D eigenvalue weighted by molar-refractivity contribution is -0.134. The van der Waals surface area contributed by atoms with Gasteiger partial charge in [0, 0.05) is 24.6 Å². The number of hydrogen-bond donors (Lipinski definition) is 4. The summed E-state index contributed by atoms with van der Waals surface area (Å²) in [6.07, 6.45) is 0.176. The van der Waals surface area contributed by atoms with Crippen LogP contribution < -0.4 is 26.0 Å². The van der Waals surface area contributed by atoms with E-state index in [1.807, 2.05) is 0 Å². The van der Waals surface area contributed by atoms with Gasteiger partial charge >= 0.3 is 0 Å². The molecule has 0 aliphatic carbocycles. The molecule has 16 heteroatoms. The van der Waals surface area contributed by atoms with Crippen molar-refractivity contribution in [1.29, 1.82) is 0 Å². The molecule has 1 aliphatic rings. The summed E-state index contributed by atoms with van der Waals surface area (Å²) < 4.78 is 65.4. The monoisotopic (exact) mass is 669 g/mol. The zero-order chi connectivity index (χ0) is 35.2. The highest BCUT2D eigenvalue weighted by atomic mass is 19.2. The van der Waals surface area contributed by atoms with Gasteiger partial charge in [0.15, 0.2) is 28.9 Å². The van der Waals surface area contributed by atoms with Gasteiger partial charge in [0.1, 0.15) is 24.5 Å². The topological polar surface area (TPSA) is 169 Å². The van der Waals surface area contributed by atoms with Crippen molar-refractivity contribution in [2.45, 2.75) is 78.9 Å². The zero-order valence-electron chi connectivity index (χ0n) is 26.9. The molecule has 0 saturated carbocycles. The van der Waals surface area contributed by atoms with E-state index in [0.717, 1.165) is 0 Å². The molecule has 1 fully saturated rings. The molecular formula is C31H39F4N5O7. The number of aryl methyl sites for hydroxylation is 1. The SMILES string of the molecule is Cc1cc(C(=O)N[C@H](C(=O)N[C@@H](CC(C)C)C(=O)N[C@@H](C[C@@H]2CCNC2=O)C(=O)COc2c(F)c(F)cc(F)c2F)C(C)(C)C)no1. The first-order valence-electron chi connectivity index (χ1n) is 15.0. The molecule has 1 aromatic carbocycles. The molecule has 3 rings (SSSR count). The number of hydrogen-bond acceptors (Lipinski definition) is 8. The molecule has 4 amide bonds. The summed E-state index contributed by atoms with van der Waals surface area (Å²) in [5.74, 6) is -12.7. The van der Waals surface area contributed by atoms with Gasteiger partial charge in [0.2, 0.25) is 29.4 Å². The average Bonchev–Trinajstić information content (AvgIpc) is 3.60. The fourth-order valence-corrected chi connectivity index (χ4v) is 4.93. The minimum Gasteiger partial charge on any atom is -0.479 e. The van der Waals surface area contributed by atoms with E-state index in [2.05, 4.69) is 26.4 Å². The molecule has 0 radical (unpaired) electrons. The van der Waals surface area contributed by atoms with Crippen molar-refractivity contribution >= 4 is 29.4 Å². The van der Waals surface area contributed by atoms with Crippen LogP contribution in [0.3, 0.4) is 0 Å². The second-order valence-electron chi connectivity index (χ2n) is 12.9. The third kappa shape index (κ3) is 9.75. The first-order valence-corrected chi connectivity index (χ1v) is 15.0. The van der Waals surface area contributed by atoms with Gasteiger partial charge in [-0.1, -0.05) is 39.8 Å². The number of ketones is 1. The predicted molar refractivity (Wildman–Crippen MR) is 158 cm³/mol. The minimum absolute atomic E-state index is 0.0187. The van der Waals surface area contributed by atoms with E-state index in [1.54, 1.807) is 41.5 Å². The van der Waals surface area contributed by atoms with Gasteiger partial charge in [-0.15, -0.1) is 0 Å². The molecule has 1 aromatic heterocycles. The van der Waals surface area contributed by atoms with Crippen molar-refractivity contribution in [2.75, 3.05) is 13.2 Å². The summed E-state index contributed by atoms with van der Waals surface area (Å²) in [4.78, 5) is 65.5. The summed E-state index contributed by atoms with van der Waals surface area (Å²) in [5.41, 5.74) is -0.898. The van der Waals surface area contributed by atoms with Crippen molar-refractivity contribution in [2.24, 2.45) is 17.3 Å². The molecule has 4 N–H and O–H groups in total. The van der Waals surface area contributed by atoms with E-state index in [1.165, 1.54) is 6.07 Å². The van der Waals surface area contributed by atoms with Crippen LogP contribution in [-0.2, 0) is 19.2 Å². The molecule has 2 heterocycles. The van der Waals surface area contributed by atoms with Crippen molar-refractivity contribution in [3.63, 3.8) is 0 Å². The first-order chi connectivity index (χ1) is 21.9. The molecule has 1 aliphatic heterocycles. The Labute approximate surface area is 268 Å². The maximum atomic E-state index is 14.1. The van der Waals surface area contributed by atoms with Crippen molar-refractivity contribution in [1.82, 2.24) is 26.4 Å². The van der Waals surface area contributed by atoms with Crippen molar-refractivity contribution < 1.29 is 50.8 Å². The van der Waals surface area contributed by atoms with Crippen molar-refractivity contribution in [3.05, 3.63) is 46.9 Å². The van der Waals surface area contributed by atoms with Crippen LogP contribution in [0.1, 0.15) is 70.1 Å². The van der Waals surface area contributed by atoms with Crippen molar-refractivity contribution in [3.8, 4) is 5.75 Å². The van der Waals surface area contributed by atoms with Gasteiger partial charge in [0.05, 0.1) is 6.04 Å². The molecular weight excluding hydrogens is 630 g/mol. The maximum absolute atomic E-state index is 14.1. The van der Waals surface area contributed by atoms with Crippen LogP contribution in [0.4, 0.5) is 17.6 Å². The summed E-state index contributed by atoms with van der Waals surface area (Å²) in [5, 5.41) is 14.0. The van der Waals surface area contributed by atoms with Gasteiger partial charge in [0.25, 0.3) is 5.91 Å². The van der Waals surface area contributed by atoms with Crippen LogP contribution in [0.25, 0.3) is 0 Å². The molecule has 0 unspecified atom stereocenters. The number of carbonyl (C=O) groups is 5. The maximum Gasteiger partial charge on any atom is 0.274 e. The highest BCUT2D eigenvalue weighted by molar-refractivity contribution is 5.98. The van der Waals surface area contributed by atoms with Crippen LogP contribution in [-0.4, -0.2) is 65.8 Å². The largest absolute Gasteiger partial charge is 0.479 e. The number of carbonyl (C=O) groups excluding carboxylic acids is 5. The number of aromatic nitrogens is 1. The Kier molecular flexibility index (Phi) is 12.1. The van der Waals surface area contributed by atoms with Crippen LogP contribution in [0.15, 0.2) is 16.7 Å². The Balaban J connectivity index is 1.82. The van der Waals surface area contributed by atoms with Gasteiger partial charge in [-0.2, -0.15) is 8.78 Å². The number of amides is 4. The third-order valence-corrected chi connectivity index (χ3v) is 7.42. The van der Waals surface area contributed by atoms with Gasteiger partial charge in [-0.05, 0) is 37.5 Å². The Morgan fingerprint density at radius 2 is 1.62 bits per heavy atom. The summed E-state index contributed by atoms with van der Waals surface area (Å²) in [6.45, 7) is 9.44. The molecule has 2 aromatic rings. The van der Waals surface area contributed by atoms with E-state index in [9.17, 15) is 41.5 Å². The molecule has 0 bridgehead atoms. The van der Waals surface area contributed by atoms with Gasteiger partial charge < -0.3 is 30.5 Å². The highest BCUT2D eigenvalue weighted by Crippen LogP contribution is 2.27. The van der Waals surface area contributed by atoms with E-state index in [0.29, 0.717) is 18.7 Å². The summed E-state index contributed by atoms with van der Waals surface area (Å²) in [6, 6.07) is -2.48. The number of nitrogens with zero attached hydrogens (tertiary/aromatic N) is 1. The molecule has 258 valence electrons. The average molecular weight is 670 g/mol. The Morgan fingerprint density at radius 3 is 2.13 bits per heavy atom. The minimum atomic E-state index is -1.86. The lowest BCUT2D eigenvalue weighted by atomic mass is 9.85.